The lowest BCUT2D eigenvalue weighted by molar-refractivity contribution is 0.00798. The van der Waals surface area contributed by atoms with Gasteiger partial charge in [0.15, 0.2) is 0 Å². The first-order chi connectivity index (χ1) is 7.79. The third-order valence-corrected chi connectivity index (χ3v) is 3.39. The Labute approximate surface area is 94.0 Å². The van der Waals surface area contributed by atoms with Crippen molar-refractivity contribution < 1.29 is 4.74 Å². The Hall–Kier alpha value is -1.55. The van der Waals surface area contributed by atoms with Crippen LogP contribution in [0.15, 0.2) is 24.3 Å². The molecule has 0 atom stereocenters. The quantitative estimate of drug-likeness (QED) is 0.836. The highest BCUT2D eigenvalue weighted by Gasteiger charge is 2.32. The summed E-state index contributed by atoms with van der Waals surface area (Å²) in [5.41, 5.74) is 8.06. The Morgan fingerprint density at radius 2 is 2.12 bits per heavy atom. The number of rotatable bonds is 2. The van der Waals surface area contributed by atoms with Crippen LogP contribution in [-0.2, 0) is 4.74 Å². The number of aromatic nitrogens is 2. The number of hydrogen-bond acceptors (Lipinski definition) is 3. The third-order valence-electron chi connectivity index (χ3n) is 3.39. The van der Waals surface area contributed by atoms with E-state index >= 15 is 0 Å². The minimum atomic E-state index is 0.380. The molecule has 3 rings (SSSR count). The lowest BCUT2D eigenvalue weighted by atomic mass is 9.89. The average Bonchev–Trinajstić information content (AvgIpc) is 2.54. The first-order valence-electron chi connectivity index (χ1n) is 5.55. The maximum Gasteiger partial charge on any atom is 0.201 e. The number of ether oxygens (including phenoxy) is 1. The Morgan fingerprint density at radius 1 is 1.38 bits per heavy atom. The third kappa shape index (κ3) is 1.30. The van der Waals surface area contributed by atoms with Gasteiger partial charge in [0.2, 0.25) is 5.95 Å². The van der Waals surface area contributed by atoms with Gasteiger partial charge in [0, 0.05) is 13.2 Å². The number of nitrogens with zero attached hydrogens (tertiary/aromatic N) is 2. The number of para-hydroxylation sites is 2. The summed E-state index contributed by atoms with van der Waals surface area (Å²) in [4.78, 5) is 4.37. The lowest BCUT2D eigenvalue weighted by Crippen LogP contribution is -2.32. The number of nitrogen functional groups attached to an aromatic ring is 1. The molecule has 4 heteroatoms. The number of anilines is 1. The smallest absolute Gasteiger partial charge is 0.201 e. The molecule has 16 heavy (non-hydrogen) atoms. The summed E-state index contributed by atoms with van der Waals surface area (Å²) in [5.74, 6) is 0.612. The largest absolute Gasteiger partial charge is 0.381 e. The molecule has 1 aromatic heterocycles. The van der Waals surface area contributed by atoms with Gasteiger partial charge >= 0.3 is 0 Å². The van der Waals surface area contributed by atoms with Crippen LogP contribution in [0.2, 0.25) is 0 Å². The number of fused-ring (bicyclic) bond motifs is 1. The van der Waals surface area contributed by atoms with E-state index in [2.05, 4.69) is 15.6 Å². The van der Waals surface area contributed by atoms with Gasteiger partial charge in [0.05, 0.1) is 17.1 Å². The molecule has 1 fully saturated rings. The SMILES string of the molecule is COC1CC(n2c(N)nc3ccccc32)C1. The standard InChI is InChI=1S/C12H15N3O/c1-16-9-6-8(7-9)15-11-5-3-2-4-10(11)14-12(15)13/h2-5,8-9H,6-7H2,1H3,(H2,13,14). The van der Waals surface area contributed by atoms with E-state index in [-0.39, 0.29) is 0 Å². The molecule has 0 unspecified atom stereocenters. The Balaban J connectivity index is 2.00. The van der Waals surface area contributed by atoms with E-state index in [1.807, 2.05) is 18.2 Å². The Kier molecular flexibility index (Phi) is 2.11. The van der Waals surface area contributed by atoms with E-state index in [0.29, 0.717) is 18.1 Å². The van der Waals surface area contributed by atoms with Gasteiger partial charge in [-0.15, -0.1) is 0 Å². The van der Waals surface area contributed by atoms with E-state index in [9.17, 15) is 0 Å². The predicted molar refractivity (Wildman–Crippen MR) is 63.2 cm³/mol. The molecule has 84 valence electrons. The number of methoxy groups -OCH3 is 1. The minimum absolute atomic E-state index is 0.380. The second kappa shape index (κ2) is 3.49. The fourth-order valence-electron chi connectivity index (χ4n) is 2.39. The molecule has 0 bridgehead atoms. The topological polar surface area (TPSA) is 53.1 Å². The maximum absolute atomic E-state index is 5.96. The summed E-state index contributed by atoms with van der Waals surface area (Å²) in [6.45, 7) is 0. The van der Waals surface area contributed by atoms with Gasteiger partial charge < -0.3 is 15.0 Å². The molecule has 1 aliphatic rings. The van der Waals surface area contributed by atoms with Crippen LogP contribution in [0.4, 0.5) is 5.95 Å². The van der Waals surface area contributed by atoms with Crippen molar-refractivity contribution in [3.05, 3.63) is 24.3 Å². The monoisotopic (exact) mass is 217 g/mol. The number of benzene rings is 1. The fraction of sp³-hybridized carbons (Fsp3) is 0.417. The van der Waals surface area contributed by atoms with Crippen LogP contribution in [-0.4, -0.2) is 22.8 Å². The van der Waals surface area contributed by atoms with Gasteiger partial charge in [-0.1, -0.05) is 12.1 Å². The van der Waals surface area contributed by atoms with Gasteiger partial charge in [0.25, 0.3) is 0 Å². The molecule has 0 radical (unpaired) electrons. The molecule has 0 aliphatic heterocycles. The first-order valence-corrected chi connectivity index (χ1v) is 5.55. The van der Waals surface area contributed by atoms with Gasteiger partial charge in [-0.3, -0.25) is 0 Å². The average molecular weight is 217 g/mol. The Morgan fingerprint density at radius 3 is 2.88 bits per heavy atom. The molecule has 1 aliphatic carbocycles. The van der Waals surface area contributed by atoms with Gasteiger partial charge in [-0.2, -0.15) is 0 Å². The number of nitrogens with two attached hydrogens (primary N) is 1. The van der Waals surface area contributed by atoms with Crippen LogP contribution < -0.4 is 5.73 Å². The molecule has 0 spiro atoms. The summed E-state index contributed by atoms with van der Waals surface area (Å²) in [7, 11) is 1.76. The predicted octanol–water partition coefficient (Wildman–Crippen LogP) is 1.97. The van der Waals surface area contributed by atoms with Gasteiger partial charge in [-0.25, -0.2) is 4.98 Å². The highest BCUT2D eigenvalue weighted by molar-refractivity contribution is 5.78. The molecule has 2 aromatic rings. The molecule has 0 amide bonds. The van der Waals surface area contributed by atoms with Crippen molar-refractivity contribution in [2.75, 3.05) is 12.8 Å². The zero-order valence-electron chi connectivity index (χ0n) is 9.26. The van der Waals surface area contributed by atoms with Crippen LogP contribution in [0.5, 0.6) is 0 Å². The van der Waals surface area contributed by atoms with Gasteiger partial charge in [-0.05, 0) is 25.0 Å². The van der Waals surface area contributed by atoms with Crippen LogP contribution in [0.1, 0.15) is 18.9 Å². The zero-order valence-corrected chi connectivity index (χ0v) is 9.26. The van der Waals surface area contributed by atoms with Crippen LogP contribution in [0, 0.1) is 0 Å². The normalized spacial score (nSPS) is 24.6. The van der Waals surface area contributed by atoms with E-state index in [1.165, 1.54) is 0 Å². The first kappa shape index (κ1) is 9.66. The Bertz CT molecular complexity index is 514. The van der Waals surface area contributed by atoms with Crippen LogP contribution in [0.25, 0.3) is 11.0 Å². The summed E-state index contributed by atoms with van der Waals surface area (Å²) >= 11 is 0. The van der Waals surface area contributed by atoms with Crippen LogP contribution >= 0.6 is 0 Å². The van der Waals surface area contributed by atoms with E-state index in [4.69, 9.17) is 10.5 Å². The van der Waals surface area contributed by atoms with Crippen molar-refractivity contribution in [3.8, 4) is 0 Å². The molecule has 0 saturated heterocycles. The number of hydrogen-bond donors (Lipinski definition) is 1. The van der Waals surface area contributed by atoms with Crippen molar-refractivity contribution in [3.63, 3.8) is 0 Å². The van der Waals surface area contributed by atoms with E-state index in [0.717, 1.165) is 23.9 Å². The van der Waals surface area contributed by atoms with Crippen molar-refractivity contribution >= 4 is 17.0 Å². The summed E-state index contributed by atoms with van der Waals surface area (Å²) in [5, 5.41) is 0. The zero-order chi connectivity index (χ0) is 11.1. The highest BCUT2D eigenvalue weighted by atomic mass is 16.5. The van der Waals surface area contributed by atoms with Crippen molar-refractivity contribution in [2.45, 2.75) is 25.0 Å². The number of imidazole rings is 1. The lowest BCUT2D eigenvalue weighted by Gasteiger charge is -2.35. The van der Waals surface area contributed by atoms with Crippen molar-refractivity contribution in [1.29, 1.82) is 0 Å². The van der Waals surface area contributed by atoms with Crippen molar-refractivity contribution in [1.82, 2.24) is 9.55 Å². The molecule has 1 aromatic carbocycles. The molecular weight excluding hydrogens is 202 g/mol. The molecule has 4 nitrogen and oxygen atoms in total. The second-order valence-electron chi connectivity index (χ2n) is 4.31. The molecule has 1 saturated carbocycles. The molecule has 2 N–H and O–H groups in total. The molecule has 1 heterocycles. The summed E-state index contributed by atoms with van der Waals surface area (Å²) < 4.78 is 7.42. The van der Waals surface area contributed by atoms with Crippen molar-refractivity contribution in [2.24, 2.45) is 0 Å². The summed E-state index contributed by atoms with van der Waals surface area (Å²) in [6, 6.07) is 8.51. The van der Waals surface area contributed by atoms with E-state index in [1.54, 1.807) is 7.11 Å². The van der Waals surface area contributed by atoms with E-state index < -0.39 is 0 Å². The maximum atomic E-state index is 5.96. The molecular formula is C12H15N3O. The van der Waals surface area contributed by atoms with Gasteiger partial charge in [0.1, 0.15) is 0 Å². The van der Waals surface area contributed by atoms with Crippen LogP contribution in [0.3, 0.4) is 0 Å². The minimum Gasteiger partial charge on any atom is -0.381 e. The summed E-state index contributed by atoms with van der Waals surface area (Å²) in [6.07, 6.45) is 2.44. The fourth-order valence-corrected chi connectivity index (χ4v) is 2.39. The second-order valence-corrected chi connectivity index (χ2v) is 4.31. The highest BCUT2D eigenvalue weighted by Crippen LogP contribution is 2.37.